The topological polar surface area (TPSA) is 46.1 Å². The number of anilines is 2. The molecular weight excluding hydrogens is 260 g/mol. The summed E-state index contributed by atoms with van der Waals surface area (Å²) in [5.74, 6) is 1.63. The number of aromatic amines is 1. The molecule has 0 spiro atoms. The minimum atomic E-state index is 0.645. The van der Waals surface area contributed by atoms with E-state index in [1.54, 1.807) is 7.11 Å². The predicted molar refractivity (Wildman–Crippen MR) is 78.8 cm³/mol. The van der Waals surface area contributed by atoms with Gasteiger partial charge in [-0.25, -0.2) is 5.10 Å². The van der Waals surface area contributed by atoms with Crippen LogP contribution in [-0.4, -0.2) is 28.9 Å². The molecule has 0 saturated carbocycles. The highest BCUT2D eigenvalue weighted by Crippen LogP contribution is 2.25. The SMILES string of the molecule is CCCn1c(N(C)c2cccc(OC)c2)n[nH]c1=S. The van der Waals surface area contributed by atoms with Crippen molar-refractivity contribution >= 4 is 23.9 Å². The van der Waals surface area contributed by atoms with Gasteiger partial charge >= 0.3 is 0 Å². The summed E-state index contributed by atoms with van der Waals surface area (Å²) in [4.78, 5) is 1.99. The van der Waals surface area contributed by atoms with Crippen molar-refractivity contribution in [2.24, 2.45) is 0 Å². The van der Waals surface area contributed by atoms with Gasteiger partial charge in [0.2, 0.25) is 5.95 Å². The first-order chi connectivity index (χ1) is 9.17. The molecule has 1 N–H and O–H groups in total. The third-order valence-corrected chi connectivity index (χ3v) is 3.24. The molecule has 1 heterocycles. The number of rotatable bonds is 5. The van der Waals surface area contributed by atoms with E-state index in [4.69, 9.17) is 17.0 Å². The van der Waals surface area contributed by atoms with Gasteiger partial charge in [-0.2, -0.15) is 0 Å². The average molecular weight is 278 g/mol. The fourth-order valence-electron chi connectivity index (χ4n) is 1.93. The number of hydrogen-bond donors (Lipinski definition) is 1. The molecule has 19 heavy (non-hydrogen) atoms. The van der Waals surface area contributed by atoms with Crippen LogP contribution >= 0.6 is 12.2 Å². The predicted octanol–water partition coefficient (Wildman–Crippen LogP) is 3.13. The maximum absolute atomic E-state index is 5.25. The van der Waals surface area contributed by atoms with Gasteiger partial charge in [-0.05, 0) is 30.8 Å². The van der Waals surface area contributed by atoms with Gasteiger partial charge in [0.15, 0.2) is 4.77 Å². The molecule has 0 amide bonds. The molecule has 102 valence electrons. The normalized spacial score (nSPS) is 10.5. The third-order valence-electron chi connectivity index (χ3n) is 2.93. The first-order valence-electron chi connectivity index (χ1n) is 6.20. The third kappa shape index (κ3) is 2.78. The maximum Gasteiger partial charge on any atom is 0.229 e. The summed E-state index contributed by atoms with van der Waals surface area (Å²) in [6.07, 6.45) is 1.01. The van der Waals surface area contributed by atoms with Crippen LogP contribution in [0.15, 0.2) is 24.3 Å². The number of H-pyrrole nitrogens is 1. The Morgan fingerprint density at radius 1 is 1.47 bits per heavy atom. The Labute approximate surface area is 117 Å². The van der Waals surface area contributed by atoms with Crippen LogP contribution in [0.2, 0.25) is 0 Å². The number of hydrogen-bond acceptors (Lipinski definition) is 4. The fourth-order valence-corrected chi connectivity index (χ4v) is 2.14. The van der Waals surface area contributed by atoms with E-state index in [0.717, 1.165) is 30.4 Å². The van der Waals surface area contributed by atoms with Gasteiger partial charge in [-0.1, -0.05) is 13.0 Å². The molecule has 0 bridgehead atoms. The number of ether oxygens (including phenoxy) is 1. The number of nitrogens with one attached hydrogen (secondary N) is 1. The van der Waals surface area contributed by atoms with Crippen molar-refractivity contribution < 1.29 is 4.74 Å². The average Bonchev–Trinajstić information content (AvgIpc) is 2.80. The van der Waals surface area contributed by atoms with Gasteiger partial charge in [0.1, 0.15) is 5.75 Å². The number of nitrogens with zero attached hydrogens (tertiary/aromatic N) is 3. The van der Waals surface area contributed by atoms with E-state index in [-0.39, 0.29) is 0 Å². The summed E-state index contributed by atoms with van der Waals surface area (Å²) in [5.41, 5.74) is 1.01. The second-order valence-electron chi connectivity index (χ2n) is 4.24. The molecule has 0 radical (unpaired) electrons. The van der Waals surface area contributed by atoms with Crippen LogP contribution in [-0.2, 0) is 6.54 Å². The Morgan fingerprint density at radius 2 is 2.26 bits per heavy atom. The Kier molecular flexibility index (Phi) is 4.21. The van der Waals surface area contributed by atoms with Crippen molar-refractivity contribution in [3.8, 4) is 5.75 Å². The molecule has 1 aromatic heterocycles. The lowest BCUT2D eigenvalue weighted by Gasteiger charge is -2.19. The zero-order valence-electron chi connectivity index (χ0n) is 11.4. The molecule has 0 unspecified atom stereocenters. The Bertz CT molecular complexity index is 605. The number of aromatic nitrogens is 3. The van der Waals surface area contributed by atoms with Gasteiger partial charge in [0.25, 0.3) is 0 Å². The highest BCUT2D eigenvalue weighted by atomic mass is 32.1. The molecule has 0 aliphatic carbocycles. The molecule has 5 nitrogen and oxygen atoms in total. The van der Waals surface area contributed by atoms with Gasteiger partial charge in [0, 0.05) is 25.3 Å². The van der Waals surface area contributed by atoms with E-state index < -0.39 is 0 Å². The van der Waals surface area contributed by atoms with Crippen molar-refractivity contribution in [3.05, 3.63) is 29.0 Å². The van der Waals surface area contributed by atoms with Crippen LogP contribution in [0, 0.1) is 4.77 Å². The van der Waals surface area contributed by atoms with Crippen LogP contribution in [0.5, 0.6) is 5.75 Å². The quantitative estimate of drug-likeness (QED) is 0.854. The zero-order chi connectivity index (χ0) is 13.8. The fraction of sp³-hybridized carbons (Fsp3) is 0.385. The van der Waals surface area contributed by atoms with Crippen LogP contribution in [0.3, 0.4) is 0 Å². The lowest BCUT2D eigenvalue weighted by Crippen LogP contribution is -2.15. The minimum absolute atomic E-state index is 0.645. The van der Waals surface area contributed by atoms with E-state index >= 15 is 0 Å². The monoisotopic (exact) mass is 278 g/mol. The molecule has 0 aliphatic heterocycles. The zero-order valence-corrected chi connectivity index (χ0v) is 12.2. The van der Waals surface area contributed by atoms with E-state index in [1.807, 2.05) is 40.8 Å². The largest absolute Gasteiger partial charge is 0.497 e. The van der Waals surface area contributed by atoms with Crippen molar-refractivity contribution in [2.75, 3.05) is 19.1 Å². The van der Waals surface area contributed by atoms with Crippen molar-refractivity contribution in [1.29, 1.82) is 0 Å². The summed E-state index contributed by atoms with van der Waals surface area (Å²) in [6, 6.07) is 7.85. The van der Waals surface area contributed by atoms with E-state index in [0.29, 0.717) is 4.77 Å². The summed E-state index contributed by atoms with van der Waals surface area (Å²) in [7, 11) is 3.62. The lowest BCUT2D eigenvalue weighted by atomic mass is 10.3. The lowest BCUT2D eigenvalue weighted by molar-refractivity contribution is 0.415. The molecule has 2 rings (SSSR count). The number of methoxy groups -OCH3 is 1. The first-order valence-corrected chi connectivity index (χ1v) is 6.61. The summed E-state index contributed by atoms with van der Waals surface area (Å²) < 4.78 is 7.88. The highest BCUT2D eigenvalue weighted by Gasteiger charge is 2.12. The second-order valence-corrected chi connectivity index (χ2v) is 4.63. The van der Waals surface area contributed by atoms with Crippen LogP contribution < -0.4 is 9.64 Å². The smallest absolute Gasteiger partial charge is 0.229 e. The molecule has 2 aromatic rings. The van der Waals surface area contributed by atoms with Crippen LogP contribution in [0.1, 0.15) is 13.3 Å². The molecule has 0 aliphatic rings. The highest BCUT2D eigenvalue weighted by molar-refractivity contribution is 7.71. The maximum atomic E-state index is 5.25. The molecule has 0 atom stereocenters. The Balaban J connectivity index is 2.38. The van der Waals surface area contributed by atoms with E-state index in [9.17, 15) is 0 Å². The van der Waals surface area contributed by atoms with Crippen molar-refractivity contribution in [1.82, 2.24) is 14.8 Å². The first kappa shape index (κ1) is 13.6. The van der Waals surface area contributed by atoms with Gasteiger partial charge in [-0.3, -0.25) is 4.57 Å². The molecule has 6 heteroatoms. The van der Waals surface area contributed by atoms with Gasteiger partial charge < -0.3 is 9.64 Å². The summed E-state index contributed by atoms with van der Waals surface area (Å²) in [6.45, 7) is 2.96. The van der Waals surface area contributed by atoms with Crippen molar-refractivity contribution in [2.45, 2.75) is 19.9 Å². The standard InChI is InChI=1S/C13H18N4OS/c1-4-8-17-12(14-15-13(17)19)16(2)10-6-5-7-11(9-10)18-3/h5-7,9H,4,8H2,1-3H3,(H,15,19). The van der Waals surface area contributed by atoms with E-state index in [1.165, 1.54) is 0 Å². The Morgan fingerprint density at radius 3 is 2.95 bits per heavy atom. The summed E-state index contributed by atoms with van der Waals surface area (Å²) >= 11 is 5.25. The molecule has 0 fully saturated rings. The van der Waals surface area contributed by atoms with Crippen LogP contribution in [0.25, 0.3) is 0 Å². The van der Waals surface area contributed by atoms with Gasteiger partial charge in [-0.15, -0.1) is 5.10 Å². The molecular formula is C13H18N4OS. The summed E-state index contributed by atoms with van der Waals surface area (Å²) in [5, 5.41) is 7.14. The van der Waals surface area contributed by atoms with Crippen LogP contribution in [0.4, 0.5) is 11.6 Å². The molecule has 0 saturated heterocycles. The van der Waals surface area contributed by atoms with Gasteiger partial charge in [0.05, 0.1) is 7.11 Å². The molecule has 1 aromatic carbocycles. The number of benzene rings is 1. The second kappa shape index (κ2) is 5.88. The van der Waals surface area contributed by atoms with Crippen molar-refractivity contribution in [3.63, 3.8) is 0 Å². The Hall–Kier alpha value is -1.82. The minimum Gasteiger partial charge on any atom is -0.497 e. The van der Waals surface area contributed by atoms with E-state index in [2.05, 4.69) is 17.1 Å².